The van der Waals surface area contributed by atoms with Gasteiger partial charge in [0.15, 0.2) is 5.69 Å². The molecule has 184 valence electrons. The first-order valence-corrected chi connectivity index (χ1v) is 12.3. The Morgan fingerprint density at radius 3 is 2.71 bits per heavy atom. The fourth-order valence-electron chi connectivity index (χ4n) is 4.93. The molecular weight excluding hydrogens is 474 g/mol. The third-order valence-electron chi connectivity index (χ3n) is 6.65. The number of anilines is 3. The quantitative estimate of drug-likeness (QED) is 0.433. The molecule has 3 aromatic rings. The summed E-state index contributed by atoms with van der Waals surface area (Å²) in [5.74, 6) is -2.22. The number of fused-ring (bicyclic) bond motifs is 1. The normalized spacial score (nSPS) is 21.7. The minimum atomic E-state index is -0.784. The highest BCUT2D eigenvalue weighted by molar-refractivity contribution is 7.19. The van der Waals surface area contributed by atoms with Gasteiger partial charge >= 0.3 is 0 Å². The molecule has 5 rings (SSSR count). The molecule has 35 heavy (non-hydrogen) atoms. The van der Waals surface area contributed by atoms with E-state index in [0.29, 0.717) is 18.8 Å². The largest absolute Gasteiger partial charge is 0.391 e. The van der Waals surface area contributed by atoms with Gasteiger partial charge in [0.1, 0.15) is 21.6 Å². The Morgan fingerprint density at radius 1 is 1.26 bits per heavy atom. The van der Waals surface area contributed by atoms with Crippen molar-refractivity contribution in [1.29, 1.82) is 0 Å². The van der Waals surface area contributed by atoms with Crippen molar-refractivity contribution in [3.05, 3.63) is 53.0 Å². The Kier molecular flexibility index (Phi) is 6.16. The molecule has 1 amide bonds. The van der Waals surface area contributed by atoms with Crippen LogP contribution in [0.5, 0.6) is 0 Å². The van der Waals surface area contributed by atoms with E-state index in [0.717, 1.165) is 59.7 Å². The first-order valence-electron chi connectivity index (χ1n) is 11.5. The molecule has 3 heterocycles. The molecular formula is C24H26F2N6O2S. The van der Waals surface area contributed by atoms with Gasteiger partial charge in [0, 0.05) is 30.7 Å². The molecule has 1 aliphatic heterocycles. The van der Waals surface area contributed by atoms with E-state index in [-0.39, 0.29) is 27.2 Å². The second kappa shape index (κ2) is 9.14. The molecule has 2 aliphatic rings. The fourth-order valence-corrected chi connectivity index (χ4v) is 5.80. The van der Waals surface area contributed by atoms with E-state index in [1.54, 1.807) is 6.20 Å². The maximum absolute atomic E-state index is 14.2. The van der Waals surface area contributed by atoms with E-state index < -0.39 is 29.7 Å². The van der Waals surface area contributed by atoms with Gasteiger partial charge in [-0.05, 0) is 37.0 Å². The number of aliphatic hydroxyl groups excluding tert-OH is 1. The van der Waals surface area contributed by atoms with Crippen molar-refractivity contribution in [2.75, 3.05) is 29.0 Å². The standard InChI is InChI=1S/C24H26F2N6O2S/c1-11-9-32(10-15(27)21(11)33)20-12-4-2-7-16(12)29-8-17(20)30-23(34)19-22(28)35-24(31-19)18-13(25)5-3-6-14(18)26/h3,5-6,8,11,15,21,33H,2,4,7,9-10,27-28H2,1H3,(H,30,34)/t11-,15+,21+/m0/s1. The molecule has 1 aromatic carbocycles. The van der Waals surface area contributed by atoms with Crippen molar-refractivity contribution in [1.82, 2.24) is 9.97 Å². The Morgan fingerprint density at radius 2 is 2.00 bits per heavy atom. The number of carbonyl (C=O) groups excluding carboxylic acids is 1. The van der Waals surface area contributed by atoms with E-state index in [1.807, 2.05) is 6.92 Å². The highest BCUT2D eigenvalue weighted by Gasteiger charge is 2.34. The number of aliphatic hydroxyl groups is 1. The molecule has 0 bridgehead atoms. The summed E-state index contributed by atoms with van der Waals surface area (Å²) >= 11 is 0.843. The third-order valence-corrected chi connectivity index (χ3v) is 7.55. The minimum absolute atomic E-state index is 0.0135. The summed E-state index contributed by atoms with van der Waals surface area (Å²) in [6, 6.07) is 3.08. The highest BCUT2D eigenvalue weighted by Crippen LogP contribution is 2.39. The van der Waals surface area contributed by atoms with Crippen molar-refractivity contribution < 1.29 is 18.7 Å². The fraction of sp³-hybridized carbons (Fsp3) is 0.375. The van der Waals surface area contributed by atoms with Gasteiger partial charge in [0.2, 0.25) is 0 Å². The Hall–Kier alpha value is -3.15. The van der Waals surface area contributed by atoms with E-state index >= 15 is 0 Å². The lowest BCUT2D eigenvalue weighted by Gasteiger charge is -2.41. The average Bonchev–Trinajstić information content (AvgIpc) is 3.43. The van der Waals surface area contributed by atoms with Crippen molar-refractivity contribution in [2.45, 2.75) is 38.3 Å². The number of nitrogen functional groups attached to an aromatic ring is 1. The molecule has 3 atom stereocenters. The summed E-state index contributed by atoms with van der Waals surface area (Å²) in [6.07, 6.45) is 3.64. The van der Waals surface area contributed by atoms with Gasteiger partial charge in [0.25, 0.3) is 5.91 Å². The van der Waals surface area contributed by atoms with Crippen LogP contribution in [-0.2, 0) is 12.8 Å². The van der Waals surface area contributed by atoms with Crippen LogP contribution >= 0.6 is 11.3 Å². The Balaban J connectivity index is 1.49. The molecule has 1 fully saturated rings. The number of halogens is 2. The van der Waals surface area contributed by atoms with Gasteiger partial charge in [-0.2, -0.15) is 0 Å². The molecule has 11 heteroatoms. The summed E-state index contributed by atoms with van der Waals surface area (Å²) in [5, 5.41) is 13.2. The number of hydrogen-bond donors (Lipinski definition) is 4. The summed E-state index contributed by atoms with van der Waals surface area (Å²) in [4.78, 5) is 24.0. The predicted molar refractivity (Wildman–Crippen MR) is 131 cm³/mol. The topological polar surface area (TPSA) is 130 Å². The van der Waals surface area contributed by atoms with Crippen molar-refractivity contribution >= 4 is 33.6 Å². The van der Waals surface area contributed by atoms with Crippen molar-refractivity contribution in [3.63, 3.8) is 0 Å². The maximum Gasteiger partial charge on any atom is 0.277 e. The summed E-state index contributed by atoms with van der Waals surface area (Å²) < 4.78 is 28.5. The summed E-state index contributed by atoms with van der Waals surface area (Å²) in [5.41, 5.74) is 15.2. The number of aryl methyl sites for hydroxylation is 1. The van der Waals surface area contributed by atoms with Crippen LogP contribution in [0.2, 0.25) is 0 Å². The SMILES string of the molecule is C[C@H]1CN(c2c(NC(=O)c3nc(-c4c(F)cccc4F)sc3N)cnc3c2CCC3)C[C@@H](N)[C@@H]1O. The highest BCUT2D eigenvalue weighted by atomic mass is 32.1. The molecule has 0 saturated carbocycles. The van der Waals surface area contributed by atoms with Crippen LogP contribution in [0.3, 0.4) is 0 Å². The van der Waals surface area contributed by atoms with Crippen molar-refractivity contribution in [3.8, 4) is 10.6 Å². The van der Waals surface area contributed by atoms with Crippen LogP contribution in [0.25, 0.3) is 10.6 Å². The van der Waals surface area contributed by atoms with Gasteiger partial charge in [-0.1, -0.05) is 24.3 Å². The maximum atomic E-state index is 14.2. The Bertz CT molecular complexity index is 1270. The summed E-state index contributed by atoms with van der Waals surface area (Å²) in [6.45, 7) is 2.94. The van der Waals surface area contributed by atoms with Gasteiger partial charge in [0.05, 0.1) is 29.2 Å². The smallest absolute Gasteiger partial charge is 0.277 e. The van der Waals surface area contributed by atoms with Crippen molar-refractivity contribution in [2.24, 2.45) is 11.7 Å². The summed E-state index contributed by atoms with van der Waals surface area (Å²) in [7, 11) is 0. The van der Waals surface area contributed by atoms with Gasteiger partial charge in [-0.3, -0.25) is 9.78 Å². The van der Waals surface area contributed by atoms with E-state index in [4.69, 9.17) is 11.5 Å². The first-order chi connectivity index (χ1) is 16.7. The number of nitrogens with one attached hydrogen (secondary N) is 1. The number of nitrogens with zero attached hydrogens (tertiary/aromatic N) is 3. The number of amides is 1. The lowest BCUT2D eigenvalue weighted by molar-refractivity contribution is 0.0785. The van der Waals surface area contributed by atoms with E-state index in [1.165, 1.54) is 6.07 Å². The monoisotopic (exact) mass is 500 g/mol. The minimum Gasteiger partial charge on any atom is -0.391 e. The number of piperidine rings is 1. The zero-order valence-electron chi connectivity index (χ0n) is 19.1. The van der Waals surface area contributed by atoms with Gasteiger partial charge in [-0.15, -0.1) is 0 Å². The molecule has 0 unspecified atom stereocenters. The Labute approximate surface area is 205 Å². The molecule has 0 spiro atoms. The number of nitrogens with two attached hydrogens (primary N) is 2. The zero-order chi connectivity index (χ0) is 24.9. The number of carbonyl (C=O) groups is 1. The van der Waals surface area contributed by atoms with Crippen LogP contribution in [0, 0.1) is 17.6 Å². The second-order valence-corrected chi connectivity index (χ2v) is 10.1. The lowest BCUT2D eigenvalue weighted by atomic mass is 9.92. The van der Waals surface area contributed by atoms with Crippen LogP contribution in [0.15, 0.2) is 24.4 Å². The van der Waals surface area contributed by atoms with Gasteiger partial charge < -0.3 is 26.8 Å². The second-order valence-electron chi connectivity index (χ2n) is 9.12. The zero-order valence-corrected chi connectivity index (χ0v) is 19.9. The molecule has 6 N–H and O–H groups in total. The third kappa shape index (κ3) is 4.24. The molecule has 1 aliphatic carbocycles. The molecule has 1 saturated heterocycles. The van der Waals surface area contributed by atoms with Gasteiger partial charge in [-0.25, -0.2) is 13.8 Å². The molecule has 2 aromatic heterocycles. The van der Waals surface area contributed by atoms with E-state index in [2.05, 4.69) is 20.2 Å². The van der Waals surface area contributed by atoms with Crippen LogP contribution in [-0.4, -0.2) is 46.2 Å². The van der Waals surface area contributed by atoms with E-state index in [9.17, 15) is 18.7 Å². The first kappa shape index (κ1) is 23.6. The van der Waals surface area contributed by atoms with Crippen LogP contribution < -0.4 is 21.7 Å². The van der Waals surface area contributed by atoms with Crippen LogP contribution in [0.1, 0.15) is 35.1 Å². The molecule has 0 radical (unpaired) electrons. The molecule has 8 nitrogen and oxygen atoms in total. The number of thiazole rings is 1. The number of pyridine rings is 1. The number of rotatable bonds is 4. The predicted octanol–water partition coefficient (Wildman–Crippen LogP) is 2.95. The number of benzene rings is 1. The van der Waals surface area contributed by atoms with Crippen LogP contribution in [0.4, 0.5) is 25.2 Å². The number of hydrogen-bond acceptors (Lipinski definition) is 8. The average molecular weight is 501 g/mol. The number of aromatic nitrogens is 2. The lowest BCUT2D eigenvalue weighted by Crippen LogP contribution is -2.56.